The molecule has 0 aliphatic carbocycles. The molecule has 1 aromatic heterocycles. The molecule has 0 saturated carbocycles. The highest BCUT2D eigenvalue weighted by Gasteiger charge is 2.53. The fourth-order valence-electron chi connectivity index (χ4n) is 2.30. The van der Waals surface area contributed by atoms with Gasteiger partial charge in [-0.1, -0.05) is 5.16 Å². The molecule has 20 heavy (non-hydrogen) atoms. The van der Waals surface area contributed by atoms with E-state index in [1.165, 1.54) is 16.7 Å². The van der Waals surface area contributed by atoms with Crippen molar-refractivity contribution in [3.05, 3.63) is 17.3 Å². The summed E-state index contributed by atoms with van der Waals surface area (Å²) in [5.74, 6) is 1.17. The number of nitrogens with zero attached hydrogens (tertiary/aromatic N) is 3. The molecule has 3 rings (SSSR count). The summed E-state index contributed by atoms with van der Waals surface area (Å²) < 4.78 is 5.13. The summed E-state index contributed by atoms with van der Waals surface area (Å²) in [5, 5.41) is 14.5. The summed E-state index contributed by atoms with van der Waals surface area (Å²) in [5.41, 5.74) is 1.56. The molecule has 0 radical (unpaired) electrons. The third kappa shape index (κ3) is 1.85. The minimum atomic E-state index is -1.20. The van der Waals surface area contributed by atoms with E-state index in [1.54, 1.807) is 6.92 Å². The zero-order chi connectivity index (χ0) is 14.4. The summed E-state index contributed by atoms with van der Waals surface area (Å²) in [7, 11) is 0. The van der Waals surface area contributed by atoms with Gasteiger partial charge in [-0.05, 0) is 19.4 Å². The Morgan fingerprint density at radius 1 is 1.55 bits per heavy atom. The lowest BCUT2D eigenvalue weighted by atomic mass is 10.0. The molecule has 2 aliphatic heterocycles. The molecule has 0 spiro atoms. The first-order valence-electron chi connectivity index (χ1n) is 5.93. The Labute approximate surface area is 118 Å². The van der Waals surface area contributed by atoms with Crippen LogP contribution >= 0.6 is 11.8 Å². The smallest absolute Gasteiger partial charge is 0.405 e. The second-order valence-corrected chi connectivity index (χ2v) is 5.72. The molecule has 1 saturated heterocycles. The molecule has 2 aliphatic rings. The standard InChI is InChI=1S/C11H12N4O4S/c1-4-3-20-10-6(13-11(17)18)9(16)15(10)7(4)8-12-5(2)14-19-8/h6,10,13H,3H2,1-2H3,(H,17,18)/t6-,10-/m1/s1. The molecule has 8 nitrogen and oxygen atoms in total. The van der Waals surface area contributed by atoms with Crippen molar-refractivity contribution >= 4 is 29.5 Å². The van der Waals surface area contributed by atoms with Crippen LogP contribution in [-0.4, -0.2) is 49.3 Å². The highest BCUT2D eigenvalue weighted by Crippen LogP contribution is 2.43. The van der Waals surface area contributed by atoms with Crippen LogP contribution in [0.2, 0.25) is 0 Å². The minimum Gasteiger partial charge on any atom is -0.465 e. The van der Waals surface area contributed by atoms with Crippen LogP contribution in [-0.2, 0) is 4.79 Å². The normalized spacial score (nSPS) is 25.3. The average Bonchev–Trinajstić information content (AvgIpc) is 2.82. The first-order valence-corrected chi connectivity index (χ1v) is 6.98. The molecule has 2 atom stereocenters. The van der Waals surface area contributed by atoms with Crippen molar-refractivity contribution in [3.8, 4) is 0 Å². The number of amides is 2. The van der Waals surface area contributed by atoms with E-state index >= 15 is 0 Å². The van der Waals surface area contributed by atoms with Crippen molar-refractivity contribution in [1.82, 2.24) is 20.4 Å². The van der Waals surface area contributed by atoms with Gasteiger partial charge < -0.3 is 14.9 Å². The molecule has 2 N–H and O–H groups in total. The van der Waals surface area contributed by atoms with Crippen LogP contribution in [0.1, 0.15) is 18.6 Å². The molecular weight excluding hydrogens is 284 g/mol. The van der Waals surface area contributed by atoms with E-state index in [-0.39, 0.29) is 11.3 Å². The third-order valence-corrected chi connectivity index (χ3v) is 4.59. The van der Waals surface area contributed by atoms with E-state index < -0.39 is 12.1 Å². The van der Waals surface area contributed by atoms with E-state index in [2.05, 4.69) is 15.5 Å². The van der Waals surface area contributed by atoms with Crippen molar-refractivity contribution in [2.45, 2.75) is 25.3 Å². The highest BCUT2D eigenvalue weighted by molar-refractivity contribution is 8.00. The Balaban J connectivity index is 1.92. The number of thioether (sulfide) groups is 1. The summed E-state index contributed by atoms with van der Waals surface area (Å²) in [6.07, 6.45) is -1.20. The van der Waals surface area contributed by atoms with Crippen LogP contribution in [0.4, 0.5) is 4.79 Å². The molecule has 9 heteroatoms. The van der Waals surface area contributed by atoms with Crippen molar-refractivity contribution in [3.63, 3.8) is 0 Å². The number of aryl methyl sites for hydroxylation is 1. The number of nitrogens with one attached hydrogen (secondary N) is 1. The maximum Gasteiger partial charge on any atom is 0.405 e. The lowest BCUT2D eigenvalue weighted by Gasteiger charge is -2.49. The number of carbonyl (C=O) groups is 2. The van der Waals surface area contributed by atoms with Gasteiger partial charge in [0.25, 0.3) is 11.8 Å². The maximum atomic E-state index is 12.1. The molecule has 1 aromatic rings. The summed E-state index contributed by atoms with van der Waals surface area (Å²) in [6, 6.07) is -0.718. The lowest BCUT2D eigenvalue weighted by Crippen LogP contribution is -2.69. The molecule has 3 heterocycles. The van der Waals surface area contributed by atoms with E-state index in [1.807, 2.05) is 6.92 Å². The summed E-state index contributed by atoms with van der Waals surface area (Å²) in [4.78, 5) is 28.5. The Morgan fingerprint density at radius 3 is 2.90 bits per heavy atom. The minimum absolute atomic E-state index is 0.260. The van der Waals surface area contributed by atoms with Crippen molar-refractivity contribution < 1.29 is 19.2 Å². The zero-order valence-corrected chi connectivity index (χ0v) is 11.6. The fourth-order valence-corrected chi connectivity index (χ4v) is 3.59. The Hall–Kier alpha value is -2.03. The van der Waals surface area contributed by atoms with Gasteiger partial charge in [0.1, 0.15) is 17.1 Å². The topological polar surface area (TPSA) is 109 Å². The van der Waals surface area contributed by atoms with Crippen molar-refractivity contribution in [2.75, 3.05) is 5.75 Å². The number of β-lactam (4-membered cyclic amide) rings is 1. The number of carboxylic acid groups (broad SMARTS) is 1. The van der Waals surface area contributed by atoms with E-state index in [0.29, 0.717) is 23.2 Å². The number of hydrogen-bond acceptors (Lipinski definition) is 6. The first kappa shape index (κ1) is 13.0. The zero-order valence-electron chi connectivity index (χ0n) is 10.8. The van der Waals surface area contributed by atoms with Crippen LogP contribution < -0.4 is 5.32 Å². The van der Waals surface area contributed by atoms with Gasteiger partial charge in [0, 0.05) is 5.75 Å². The van der Waals surface area contributed by atoms with Gasteiger partial charge in [-0.2, -0.15) is 4.98 Å². The highest BCUT2D eigenvalue weighted by atomic mass is 32.2. The van der Waals surface area contributed by atoms with E-state index in [0.717, 1.165) is 5.57 Å². The van der Waals surface area contributed by atoms with Gasteiger partial charge in [0.15, 0.2) is 5.82 Å². The Bertz CT molecular complexity index is 626. The fraction of sp³-hybridized carbons (Fsp3) is 0.455. The van der Waals surface area contributed by atoms with Gasteiger partial charge in [-0.25, -0.2) is 4.79 Å². The van der Waals surface area contributed by atoms with Crippen LogP contribution in [0.15, 0.2) is 10.1 Å². The second-order valence-electron chi connectivity index (χ2n) is 4.61. The van der Waals surface area contributed by atoms with Gasteiger partial charge >= 0.3 is 6.09 Å². The second kappa shape index (κ2) is 4.51. The van der Waals surface area contributed by atoms with Gasteiger partial charge in [0.05, 0.1) is 0 Å². The molecule has 1 fully saturated rings. The van der Waals surface area contributed by atoms with Crippen LogP contribution in [0.5, 0.6) is 0 Å². The number of hydrogen-bond donors (Lipinski definition) is 2. The van der Waals surface area contributed by atoms with E-state index in [9.17, 15) is 9.59 Å². The van der Waals surface area contributed by atoms with Crippen molar-refractivity contribution in [1.29, 1.82) is 0 Å². The summed E-state index contributed by atoms with van der Waals surface area (Å²) in [6.45, 7) is 3.59. The number of aromatic nitrogens is 2. The largest absolute Gasteiger partial charge is 0.465 e. The predicted molar refractivity (Wildman–Crippen MR) is 69.7 cm³/mol. The van der Waals surface area contributed by atoms with Crippen LogP contribution in [0.25, 0.3) is 5.70 Å². The van der Waals surface area contributed by atoms with Gasteiger partial charge in [-0.3, -0.25) is 9.69 Å². The Kier molecular flexibility index (Phi) is 2.93. The number of carbonyl (C=O) groups excluding carboxylic acids is 1. The quantitative estimate of drug-likeness (QED) is 0.772. The summed E-state index contributed by atoms with van der Waals surface area (Å²) >= 11 is 1.51. The van der Waals surface area contributed by atoms with Crippen LogP contribution in [0.3, 0.4) is 0 Å². The van der Waals surface area contributed by atoms with Gasteiger partial charge in [-0.15, -0.1) is 11.8 Å². The van der Waals surface area contributed by atoms with E-state index in [4.69, 9.17) is 9.63 Å². The number of fused-ring (bicyclic) bond motifs is 1. The molecule has 106 valence electrons. The maximum absolute atomic E-state index is 12.1. The molecule has 0 aromatic carbocycles. The predicted octanol–water partition coefficient (Wildman–Crippen LogP) is 0.660. The van der Waals surface area contributed by atoms with Gasteiger partial charge in [0.2, 0.25) is 0 Å². The average molecular weight is 296 g/mol. The van der Waals surface area contributed by atoms with Crippen molar-refractivity contribution in [2.24, 2.45) is 0 Å². The molecule has 0 bridgehead atoms. The molecule has 0 unspecified atom stereocenters. The lowest BCUT2D eigenvalue weighted by molar-refractivity contribution is -0.140. The molecular formula is C11H12N4O4S. The van der Waals surface area contributed by atoms with Crippen LogP contribution in [0, 0.1) is 6.92 Å². The Morgan fingerprint density at radius 2 is 2.30 bits per heavy atom. The monoisotopic (exact) mass is 296 g/mol. The third-order valence-electron chi connectivity index (χ3n) is 3.17. The SMILES string of the molecule is CC1=C(c2nc(C)no2)N2C(=O)[C@@H](NC(=O)O)[C@H]2SC1. The number of rotatable bonds is 2. The first-order chi connectivity index (χ1) is 9.49. The molecule has 2 amide bonds.